The summed E-state index contributed by atoms with van der Waals surface area (Å²) in [5.41, 5.74) is 7.63. The Morgan fingerprint density at radius 1 is 1.04 bits per heavy atom. The maximum absolute atomic E-state index is 5.17. The van der Waals surface area contributed by atoms with Crippen molar-refractivity contribution >= 4 is 33.0 Å². The van der Waals surface area contributed by atoms with E-state index in [0.29, 0.717) is 11.8 Å². The Morgan fingerprint density at radius 3 is 2.27 bits per heavy atom. The van der Waals surface area contributed by atoms with Crippen LogP contribution in [0.25, 0.3) is 0 Å². The third kappa shape index (κ3) is 3.88. The van der Waals surface area contributed by atoms with E-state index >= 15 is 0 Å². The second-order valence-electron chi connectivity index (χ2n) is 7.86. The fraction of sp³-hybridized carbons (Fsp3) is 0.435. The summed E-state index contributed by atoms with van der Waals surface area (Å²) in [7, 11) is 0. The number of nitrogens with one attached hydrogen (secondary N) is 1. The van der Waals surface area contributed by atoms with Crippen LogP contribution in [0, 0.1) is 0 Å². The van der Waals surface area contributed by atoms with Crippen LogP contribution in [0.1, 0.15) is 69.6 Å². The van der Waals surface area contributed by atoms with Gasteiger partial charge in [0.15, 0.2) is 0 Å². The molecular weight excluding hydrogens is 384 g/mol. The van der Waals surface area contributed by atoms with Crippen LogP contribution in [-0.2, 0) is 6.42 Å². The SMILES string of the molecule is C/C(=N\c1c(C(C)C)cccc1C(C)C)C1CCc2cccc(Br)c2N1. The van der Waals surface area contributed by atoms with Crippen LogP contribution in [0.15, 0.2) is 45.9 Å². The summed E-state index contributed by atoms with van der Waals surface area (Å²) in [5, 5.41) is 3.70. The van der Waals surface area contributed by atoms with Gasteiger partial charge in [-0.05, 0) is 70.3 Å². The third-order valence-corrected chi connectivity index (χ3v) is 5.92. The van der Waals surface area contributed by atoms with Gasteiger partial charge in [0.25, 0.3) is 0 Å². The largest absolute Gasteiger partial charge is 0.376 e. The highest BCUT2D eigenvalue weighted by atomic mass is 79.9. The molecule has 0 aromatic heterocycles. The molecule has 1 unspecified atom stereocenters. The number of para-hydroxylation sites is 2. The highest BCUT2D eigenvalue weighted by Gasteiger charge is 2.22. The first-order chi connectivity index (χ1) is 12.4. The van der Waals surface area contributed by atoms with Crippen molar-refractivity contribution in [3.8, 4) is 0 Å². The lowest BCUT2D eigenvalue weighted by molar-refractivity contribution is 0.752. The number of anilines is 1. The lowest BCUT2D eigenvalue weighted by Gasteiger charge is -2.28. The predicted octanol–water partition coefficient (Wildman–Crippen LogP) is 7.22. The number of halogens is 1. The molecule has 1 aliphatic heterocycles. The number of rotatable bonds is 4. The molecule has 1 heterocycles. The predicted molar refractivity (Wildman–Crippen MR) is 117 cm³/mol. The van der Waals surface area contributed by atoms with E-state index in [1.807, 2.05) is 0 Å². The molecule has 2 aromatic carbocycles. The van der Waals surface area contributed by atoms with E-state index in [4.69, 9.17) is 4.99 Å². The van der Waals surface area contributed by atoms with Crippen molar-refractivity contribution in [2.24, 2.45) is 4.99 Å². The van der Waals surface area contributed by atoms with Crippen LogP contribution >= 0.6 is 15.9 Å². The van der Waals surface area contributed by atoms with Gasteiger partial charge in [0.05, 0.1) is 17.4 Å². The summed E-state index contributed by atoms with van der Waals surface area (Å²) in [6.07, 6.45) is 2.17. The Bertz CT molecular complexity index is 795. The van der Waals surface area contributed by atoms with Gasteiger partial charge in [-0.3, -0.25) is 4.99 Å². The van der Waals surface area contributed by atoms with Crippen LogP contribution in [0.3, 0.4) is 0 Å². The van der Waals surface area contributed by atoms with Gasteiger partial charge < -0.3 is 5.32 Å². The number of aryl methyl sites for hydroxylation is 1. The molecule has 0 saturated carbocycles. The fourth-order valence-corrected chi connectivity index (χ4v) is 4.22. The van der Waals surface area contributed by atoms with E-state index in [0.717, 1.165) is 17.3 Å². The monoisotopic (exact) mass is 412 g/mol. The summed E-state index contributed by atoms with van der Waals surface area (Å²) in [4.78, 5) is 5.17. The van der Waals surface area contributed by atoms with Gasteiger partial charge >= 0.3 is 0 Å². The fourth-order valence-electron chi connectivity index (χ4n) is 3.69. The molecular formula is C23H29BrN2. The number of nitrogens with zero attached hydrogens (tertiary/aromatic N) is 1. The molecule has 0 fully saturated rings. The quantitative estimate of drug-likeness (QED) is 0.526. The van der Waals surface area contributed by atoms with Gasteiger partial charge in [0.1, 0.15) is 0 Å². The highest BCUT2D eigenvalue weighted by molar-refractivity contribution is 9.10. The zero-order valence-corrected chi connectivity index (χ0v) is 18.0. The minimum absolute atomic E-state index is 0.279. The Kier molecular flexibility index (Phi) is 5.86. The van der Waals surface area contributed by atoms with Crippen LogP contribution in [0.2, 0.25) is 0 Å². The lowest BCUT2D eigenvalue weighted by Crippen LogP contribution is -2.32. The Balaban J connectivity index is 1.97. The zero-order chi connectivity index (χ0) is 18.8. The maximum Gasteiger partial charge on any atom is 0.0698 e. The topological polar surface area (TPSA) is 24.4 Å². The van der Waals surface area contributed by atoms with E-state index in [1.165, 1.54) is 33.8 Å². The van der Waals surface area contributed by atoms with Crippen molar-refractivity contribution in [1.82, 2.24) is 0 Å². The van der Waals surface area contributed by atoms with Crippen LogP contribution in [-0.4, -0.2) is 11.8 Å². The Hall–Kier alpha value is -1.61. The van der Waals surface area contributed by atoms with Crippen LogP contribution in [0.4, 0.5) is 11.4 Å². The van der Waals surface area contributed by atoms with Crippen molar-refractivity contribution in [1.29, 1.82) is 0 Å². The average Bonchev–Trinajstić information content (AvgIpc) is 2.61. The molecule has 1 atom stereocenters. The smallest absolute Gasteiger partial charge is 0.0698 e. The summed E-state index contributed by atoms with van der Waals surface area (Å²) in [5.74, 6) is 0.934. The average molecular weight is 413 g/mol. The number of fused-ring (bicyclic) bond motifs is 1. The molecule has 2 nitrogen and oxygen atoms in total. The molecule has 138 valence electrons. The third-order valence-electron chi connectivity index (χ3n) is 5.26. The summed E-state index contributed by atoms with van der Waals surface area (Å²) >= 11 is 3.68. The molecule has 0 spiro atoms. The zero-order valence-electron chi connectivity index (χ0n) is 16.4. The summed E-state index contributed by atoms with van der Waals surface area (Å²) in [6.45, 7) is 11.2. The van der Waals surface area contributed by atoms with E-state index in [2.05, 4.69) is 92.3 Å². The Labute approximate surface area is 166 Å². The van der Waals surface area contributed by atoms with E-state index in [-0.39, 0.29) is 6.04 Å². The summed E-state index contributed by atoms with van der Waals surface area (Å²) < 4.78 is 1.14. The first kappa shape index (κ1) is 19.2. The lowest BCUT2D eigenvalue weighted by atomic mass is 9.92. The molecule has 3 heteroatoms. The summed E-state index contributed by atoms with van der Waals surface area (Å²) in [6, 6.07) is 13.3. The minimum Gasteiger partial charge on any atom is -0.376 e. The first-order valence-corrected chi connectivity index (χ1v) is 10.4. The molecule has 3 rings (SSSR count). The van der Waals surface area contributed by atoms with Crippen molar-refractivity contribution in [3.63, 3.8) is 0 Å². The van der Waals surface area contributed by atoms with Gasteiger partial charge in [0.2, 0.25) is 0 Å². The van der Waals surface area contributed by atoms with E-state index < -0.39 is 0 Å². The van der Waals surface area contributed by atoms with Gasteiger partial charge in [-0.1, -0.05) is 58.0 Å². The number of benzene rings is 2. The second kappa shape index (κ2) is 7.96. The van der Waals surface area contributed by atoms with Crippen molar-refractivity contribution in [2.45, 2.75) is 65.3 Å². The normalized spacial score (nSPS) is 17.4. The van der Waals surface area contributed by atoms with Crippen molar-refractivity contribution in [2.75, 3.05) is 5.32 Å². The van der Waals surface area contributed by atoms with Crippen molar-refractivity contribution < 1.29 is 0 Å². The molecule has 1 N–H and O–H groups in total. The van der Waals surface area contributed by atoms with E-state index in [1.54, 1.807) is 0 Å². The van der Waals surface area contributed by atoms with Gasteiger partial charge in [-0.25, -0.2) is 0 Å². The van der Waals surface area contributed by atoms with E-state index in [9.17, 15) is 0 Å². The van der Waals surface area contributed by atoms with Crippen molar-refractivity contribution in [3.05, 3.63) is 57.6 Å². The number of aliphatic imine (C=N–C) groups is 1. The maximum atomic E-state index is 5.17. The number of hydrogen-bond acceptors (Lipinski definition) is 2. The van der Waals surface area contributed by atoms with Crippen LogP contribution < -0.4 is 5.32 Å². The minimum atomic E-state index is 0.279. The molecule has 26 heavy (non-hydrogen) atoms. The molecule has 0 radical (unpaired) electrons. The van der Waals surface area contributed by atoms with Crippen LogP contribution in [0.5, 0.6) is 0 Å². The Morgan fingerprint density at radius 2 is 1.65 bits per heavy atom. The molecule has 0 saturated heterocycles. The number of hydrogen-bond donors (Lipinski definition) is 1. The molecule has 1 aliphatic rings. The molecule has 2 aromatic rings. The molecule has 0 bridgehead atoms. The standard InChI is InChI=1S/C23H29BrN2/c1-14(2)18-9-7-10-19(15(3)4)23(18)25-16(5)21-13-12-17-8-6-11-20(24)22(17)26-21/h6-11,14-15,21,26H,12-13H2,1-5H3/b25-16+. The molecule has 0 amide bonds. The first-order valence-electron chi connectivity index (χ1n) is 9.60. The van der Waals surface area contributed by atoms with Gasteiger partial charge in [0, 0.05) is 10.2 Å². The van der Waals surface area contributed by atoms with Gasteiger partial charge in [-0.2, -0.15) is 0 Å². The second-order valence-corrected chi connectivity index (χ2v) is 8.71. The highest BCUT2D eigenvalue weighted by Crippen LogP contribution is 2.36. The van der Waals surface area contributed by atoms with Gasteiger partial charge in [-0.15, -0.1) is 0 Å². The molecule has 0 aliphatic carbocycles.